The van der Waals surface area contributed by atoms with E-state index in [9.17, 15) is 33.6 Å². The molecule has 5 amide bonds. The minimum absolute atomic E-state index is 0.0982. The van der Waals surface area contributed by atoms with Gasteiger partial charge < -0.3 is 40.8 Å². The number of hydrogen-bond acceptors (Lipinski definition) is 10. The van der Waals surface area contributed by atoms with Crippen molar-refractivity contribution in [2.75, 3.05) is 26.2 Å². The molecule has 0 rings (SSSR count). The Morgan fingerprint density at radius 3 is 1.60 bits per heavy atom. The molecule has 15 nitrogen and oxygen atoms in total. The van der Waals surface area contributed by atoms with E-state index in [-0.39, 0.29) is 44.6 Å². The van der Waals surface area contributed by atoms with Gasteiger partial charge in [-0.1, -0.05) is 26.2 Å². The van der Waals surface area contributed by atoms with Crippen LogP contribution in [-0.4, -0.2) is 91.2 Å². The number of ether oxygens (including phenoxy) is 3. The predicted molar refractivity (Wildman–Crippen MR) is 188 cm³/mol. The Balaban J connectivity index is 5.20. The van der Waals surface area contributed by atoms with Gasteiger partial charge in [-0.15, -0.1) is 0 Å². The highest BCUT2D eigenvalue weighted by atomic mass is 16.6. The van der Waals surface area contributed by atoms with Crippen molar-refractivity contribution in [2.24, 2.45) is 0 Å². The van der Waals surface area contributed by atoms with Crippen molar-refractivity contribution < 1.29 is 47.8 Å². The normalized spacial score (nSPS) is 12.5. The minimum Gasteiger partial charge on any atom is -0.466 e. The van der Waals surface area contributed by atoms with Crippen molar-refractivity contribution in [1.82, 2.24) is 26.6 Å². The first-order valence-corrected chi connectivity index (χ1v) is 17.8. The highest BCUT2D eigenvalue weighted by Crippen LogP contribution is 2.09. The molecule has 0 radical (unpaired) electrons. The number of Topliss-reactive ketones (excluding diaryl/α,β-unsaturated/α-hetero) is 1. The molecular weight excluding hydrogens is 650 g/mol. The van der Waals surface area contributed by atoms with Crippen molar-refractivity contribution in [2.45, 2.75) is 156 Å². The first-order chi connectivity index (χ1) is 23.3. The Labute approximate surface area is 297 Å². The third-order valence-electron chi connectivity index (χ3n) is 6.83. The van der Waals surface area contributed by atoms with Gasteiger partial charge in [0.2, 0.25) is 17.7 Å². The second-order valence-corrected chi connectivity index (χ2v) is 14.2. The number of ketones is 1. The van der Waals surface area contributed by atoms with Gasteiger partial charge in [-0.3, -0.25) is 24.0 Å². The maximum atomic E-state index is 13.3. The number of rotatable bonds is 24. The molecule has 15 heteroatoms. The van der Waals surface area contributed by atoms with Crippen LogP contribution in [0, 0.1) is 0 Å². The lowest BCUT2D eigenvalue weighted by Crippen LogP contribution is -2.54. The van der Waals surface area contributed by atoms with Gasteiger partial charge in [-0.05, 0) is 86.5 Å². The van der Waals surface area contributed by atoms with Crippen LogP contribution in [0.15, 0.2) is 0 Å². The molecule has 0 heterocycles. The molecule has 0 aliphatic rings. The fraction of sp³-hybridized carbons (Fsp3) is 0.800. The first-order valence-electron chi connectivity index (χ1n) is 17.8. The van der Waals surface area contributed by atoms with Crippen LogP contribution in [0.25, 0.3) is 0 Å². The van der Waals surface area contributed by atoms with E-state index in [2.05, 4.69) is 33.5 Å². The molecule has 0 saturated heterocycles. The van der Waals surface area contributed by atoms with E-state index in [0.717, 1.165) is 25.7 Å². The second kappa shape index (κ2) is 25.1. The maximum Gasteiger partial charge on any atom is 0.407 e. The summed E-state index contributed by atoms with van der Waals surface area (Å²) in [7, 11) is 0. The number of amides is 5. The number of carbonyl (C=O) groups excluding carboxylic acids is 7. The van der Waals surface area contributed by atoms with Gasteiger partial charge in [0, 0.05) is 26.4 Å². The summed E-state index contributed by atoms with van der Waals surface area (Å²) in [5.74, 6) is -2.47. The van der Waals surface area contributed by atoms with E-state index in [1.807, 2.05) is 0 Å². The molecule has 50 heavy (non-hydrogen) atoms. The third kappa shape index (κ3) is 27.0. The Morgan fingerprint density at radius 2 is 1.12 bits per heavy atom. The summed E-state index contributed by atoms with van der Waals surface area (Å²) in [6.07, 6.45) is 4.81. The zero-order valence-corrected chi connectivity index (χ0v) is 31.6. The molecule has 288 valence electrons. The first kappa shape index (κ1) is 46.1. The van der Waals surface area contributed by atoms with Gasteiger partial charge >= 0.3 is 18.2 Å². The summed E-state index contributed by atoms with van der Waals surface area (Å²) in [5, 5.41) is 13.1. The summed E-state index contributed by atoms with van der Waals surface area (Å²) < 4.78 is 15.6. The van der Waals surface area contributed by atoms with Gasteiger partial charge in [-0.2, -0.15) is 0 Å². The Kier molecular flexibility index (Phi) is 23.1. The van der Waals surface area contributed by atoms with E-state index in [4.69, 9.17) is 14.2 Å². The Hall–Kier alpha value is -3.91. The molecule has 2 atom stereocenters. The van der Waals surface area contributed by atoms with E-state index in [1.54, 1.807) is 41.5 Å². The lowest BCUT2D eigenvalue weighted by atomic mass is 10.1. The van der Waals surface area contributed by atoms with Crippen LogP contribution < -0.4 is 26.6 Å². The van der Waals surface area contributed by atoms with Crippen LogP contribution >= 0.6 is 0 Å². The molecule has 5 N–H and O–H groups in total. The molecule has 0 aromatic carbocycles. The summed E-state index contributed by atoms with van der Waals surface area (Å²) in [5.41, 5.74) is -1.28. The number of alkyl carbamates (subject to hydrolysis) is 2. The van der Waals surface area contributed by atoms with Gasteiger partial charge in [-0.25, -0.2) is 9.59 Å². The second-order valence-electron chi connectivity index (χ2n) is 14.2. The number of esters is 1. The van der Waals surface area contributed by atoms with Crippen LogP contribution in [0.2, 0.25) is 0 Å². The van der Waals surface area contributed by atoms with Gasteiger partial charge in [0.1, 0.15) is 23.3 Å². The van der Waals surface area contributed by atoms with Gasteiger partial charge in [0.25, 0.3) is 0 Å². The topological polar surface area (TPSA) is 207 Å². The maximum absolute atomic E-state index is 13.3. The lowest BCUT2D eigenvalue weighted by Gasteiger charge is -2.23. The summed E-state index contributed by atoms with van der Waals surface area (Å²) in [6, 6.07) is -2.00. The molecule has 0 aliphatic heterocycles. The largest absolute Gasteiger partial charge is 0.466 e. The Bertz CT molecular complexity index is 1080. The summed E-state index contributed by atoms with van der Waals surface area (Å²) in [4.78, 5) is 86.6. The quantitative estimate of drug-likeness (QED) is 0.0553. The van der Waals surface area contributed by atoms with E-state index < -0.39 is 59.2 Å². The average molecular weight is 714 g/mol. The molecular formula is C35H63N5O10. The smallest absolute Gasteiger partial charge is 0.407 e. The van der Waals surface area contributed by atoms with E-state index in [1.165, 1.54) is 6.92 Å². The fourth-order valence-electron chi connectivity index (χ4n) is 4.44. The fourth-order valence-corrected chi connectivity index (χ4v) is 4.44. The minimum atomic E-state index is -1.05. The molecule has 0 aromatic rings. The van der Waals surface area contributed by atoms with Crippen molar-refractivity contribution in [3.8, 4) is 0 Å². The number of unbranched alkanes of at least 4 members (excludes halogenated alkanes) is 5. The van der Waals surface area contributed by atoms with Crippen LogP contribution in [0.3, 0.4) is 0 Å². The average Bonchev–Trinajstić information content (AvgIpc) is 2.99. The third-order valence-corrected chi connectivity index (χ3v) is 6.83. The highest BCUT2D eigenvalue weighted by molar-refractivity contribution is 5.93. The van der Waals surface area contributed by atoms with Crippen LogP contribution in [0.4, 0.5) is 9.59 Å². The number of hydrogen-bond donors (Lipinski definition) is 5. The van der Waals surface area contributed by atoms with Crippen molar-refractivity contribution in [3.05, 3.63) is 0 Å². The van der Waals surface area contributed by atoms with Gasteiger partial charge in [0.05, 0.1) is 19.6 Å². The predicted octanol–water partition coefficient (Wildman–Crippen LogP) is 3.95. The number of nitrogens with one attached hydrogen (secondary N) is 5. The highest BCUT2D eigenvalue weighted by Gasteiger charge is 2.26. The van der Waals surface area contributed by atoms with E-state index in [0.29, 0.717) is 38.8 Å². The standard InChI is InChI=1S/C35H63N5O10/c1-9-10-11-16-23-48-29(43)20-19-26(42)24-38-30(44)27(17-12-14-21-36-32(46)49-34(3,4)5)40-31(45)28(39-25(2)41)18-13-15-22-37-33(47)50-35(6,7)8/h27-28H,9-24H2,1-8H3,(H,36,46)(H,37,47)(H,38,44)(H,39,41)(H,40,45)/t27-,28-/m0/s1. The summed E-state index contributed by atoms with van der Waals surface area (Å²) >= 11 is 0. The Morgan fingerprint density at radius 1 is 0.600 bits per heavy atom. The molecule has 0 unspecified atom stereocenters. The lowest BCUT2D eigenvalue weighted by molar-refractivity contribution is -0.145. The molecule has 0 saturated carbocycles. The zero-order chi connectivity index (χ0) is 38.2. The molecule has 0 aliphatic carbocycles. The molecule has 0 aromatic heterocycles. The van der Waals surface area contributed by atoms with Crippen molar-refractivity contribution >= 4 is 41.7 Å². The van der Waals surface area contributed by atoms with Crippen molar-refractivity contribution in [1.29, 1.82) is 0 Å². The van der Waals surface area contributed by atoms with Crippen LogP contribution in [0.5, 0.6) is 0 Å². The van der Waals surface area contributed by atoms with E-state index >= 15 is 0 Å². The number of carbonyl (C=O) groups is 7. The monoisotopic (exact) mass is 713 g/mol. The van der Waals surface area contributed by atoms with Crippen LogP contribution in [-0.2, 0) is 38.2 Å². The zero-order valence-electron chi connectivity index (χ0n) is 31.6. The molecule has 0 spiro atoms. The molecule has 0 bridgehead atoms. The van der Waals surface area contributed by atoms with Crippen LogP contribution in [0.1, 0.15) is 132 Å². The SMILES string of the molecule is CCCCCCOC(=O)CCC(=O)CNC(=O)[C@H](CCCCNC(=O)OC(C)(C)C)NC(=O)[C@H](CCCCNC(=O)OC(C)(C)C)NC(C)=O. The molecule has 0 fully saturated rings. The van der Waals surface area contributed by atoms with Crippen molar-refractivity contribution in [3.63, 3.8) is 0 Å². The van der Waals surface area contributed by atoms with Gasteiger partial charge in [0.15, 0.2) is 5.78 Å². The summed E-state index contributed by atoms with van der Waals surface area (Å²) in [6.45, 7) is 14.4.